The fourth-order valence-corrected chi connectivity index (χ4v) is 3.66. The molecule has 0 aliphatic carbocycles. The summed E-state index contributed by atoms with van der Waals surface area (Å²) < 4.78 is 1.95. The number of nitrogens with one attached hydrogen (secondary N) is 1. The van der Waals surface area contributed by atoms with Crippen molar-refractivity contribution < 1.29 is 4.79 Å². The molecule has 0 radical (unpaired) electrons. The molecule has 7 nitrogen and oxygen atoms in total. The largest absolute Gasteiger partial charge is 0.343 e. The Kier molecular flexibility index (Phi) is 5.54. The van der Waals surface area contributed by atoms with E-state index in [0.29, 0.717) is 35.8 Å². The first-order valence-electron chi connectivity index (χ1n) is 9.34. The Morgan fingerprint density at radius 1 is 1.31 bits per heavy atom. The van der Waals surface area contributed by atoms with E-state index in [4.69, 9.17) is 0 Å². The average molecular weight is 357 g/mol. The van der Waals surface area contributed by atoms with Gasteiger partial charge in [0, 0.05) is 43.5 Å². The third kappa shape index (κ3) is 4.03. The van der Waals surface area contributed by atoms with Gasteiger partial charge < -0.3 is 9.88 Å². The summed E-state index contributed by atoms with van der Waals surface area (Å²) in [6.45, 7) is 8.07. The molecule has 0 unspecified atom stereocenters. The van der Waals surface area contributed by atoms with Crippen LogP contribution < -0.4 is 5.56 Å². The summed E-state index contributed by atoms with van der Waals surface area (Å²) >= 11 is 0. The highest BCUT2D eigenvalue weighted by Crippen LogP contribution is 2.28. The van der Waals surface area contributed by atoms with Gasteiger partial charge in [-0.2, -0.15) is 5.10 Å². The monoisotopic (exact) mass is 357 g/mol. The summed E-state index contributed by atoms with van der Waals surface area (Å²) in [4.78, 5) is 33.5. The van der Waals surface area contributed by atoms with Crippen molar-refractivity contribution in [1.82, 2.24) is 24.6 Å². The third-order valence-electron chi connectivity index (χ3n) is 5.23. The van der Waals surface area contributed by atoms with E-state index >= 15 is 0 Å². The van der Waals surface area contributed by atoms with Crippen LogP contribution in [0.4, 0.5) is 0 Å². The predicted molar refractivity (Wildman–Crippen MR) is 99.1 cm³/mol. The second kappa shape index (κ2) is 7.85. The van der Waals surface area contributed by atoms with Crippen molar-refractivity contribution in [2.75, 3.05) is 13.1 Å². The van der Waals surface area contributed by atoms with Crippen LogP contribution in [0.25, 0.3) is 0 Å². The van der Waals surface area contributed by atoms with Gasteiger partial charge in [-0.05, 0) is 51.5 Å². The number of piperidine rings is 1. The number of carbonyl (C=O) groups is 1. The van der Waals surface area contributed by atoms with Crippen molar-refractivity contribution >= 4 is 5.91 Å². The minimum absolute atomic E-state index is 0.118. The number of amides is 1. The molecule has 3 rings (SSSR count). The van der Waals surface area contributed by atoms with E-state index in [1.54, 1.807) is 6.92 Å². The van der Waals surface area contributed by atoms with Crippen molar-refractivity contribution in [1.29, 1.82) is 0 Å². The van der Waals surface area contributed by atoms with Crippen LogP contribution in [0.3, 0.4) is 0 Å². The number of aromatic nitrogens is 4. The van der Waals surface area contributed by atoms with E-state index < -0.39 is 0 Å². The van der Waals surface area contributed by atoms with Crippen molar-refractivity contribution in [3.8, 4) is 0 Å². The number of aryl methyl sites for hydroxylation is 3. The fraction of sp³-hybridized carbons (Fsp3) is 0.579. The molecule has 1 N–H and O–H groups in total. The lowest BCUT2D eigenvalue weighted by Crippen LogP contribution is -2.38. The fourth-order valence-electron chi connectivity index (χ4n) is 3.66. The Morgan fingerprint density at radius 3 is 2.65 bits per heavy atom. The van der Waals surface area contributed by atoms with Gasteiger partial charge in [-0.15, -0.1) is 0 Å². The maximum Gasteiger partial charge on any atom is 0.254 e. The molecule has 1 amide bonds. The predicted octanol–water partition coefficient (Wildman–Crippen LogP) is 1.94. The first-order valence-corrected chi connectivity index (χ1v) is 9.34. The molecule has 1 aliphatic rings. The van der Waals surface area contributed by atoms with Crippen molar-refractivity contribution in [3.05, 3.63) is 45.4 Å². The molecule has 2 aromatic heterocycles. The summed E-state index contributed by atoms with van der Waals surface area (Å²) in [5.41, 5.74) is 2.47. The zero-order valence-corrected chi connectivity index (χ0v) is 15.8. The van der Waals surface area contributed by atoms with E-state index in [0.717, 1.165) is 32.5 Å². The van der Waals surface area contributed by atoms with Gasteiger partial charge in [0.2, 0.25) is 5.91 Å². The molecule has 1 saturated heterocycles. The second-order valence-corrected chi connectivity index (χ2v) is 7.00. The first kappa shape index (κ1) is 18.4. The van der Waals surface area contributed by atoms with E-state index in [1.165, 1.54) is 5.56 Å². The van der Waals surface area contributed by atoms with E-state index in [9.17, 15) is 9.59 Å². The van der Waals surface area contributed by atoms with Gasteiger partial charge >= 0.3 is 0 Å². The van der Waals surface area contributed by atoms with E-state index in [1.807, 2.05) is 22.7 Å². The minimum atomic E-state index is -0.130. The molecule has 3 heterocycles. The lowest BCUT2D eigenvalue weighted by molar-refractivity contribution is -0.132. The summed E-state index contributed by atoms with van der Waals surface area (Å²) in [5, 5.41) is 4.35. The smallest absolute Gasteiger partial charge is 0.254 e. The molecule has 7 heteroatoms. The molecule has 0 bridgehead atoms. The first-order chi connectivity index (χ1) is 12.5. The molecular weight excluding hydrogens is 330 g/mol. The summed E-state index contributed by atoms with van der Waals surface area (Å²) in [6.07, 6.45) is 6.79. The summed E-state index contributed by atoms with van der Waals surface area (Å²) in [5.74, 6) is 1.20. The highest BCUT2D eigenvalue weighted by molar-refractivity contribution is 5.76. The Morgan fingerprint density at radius 2 is 2.04 bits per heavy atom. The molecule has 0 saturated carbocycles. The van der Waals surface area contributed by atoms with Gasteiger partial charge in [-0.3, -0.25) is 14.3 Å². The number of nitrogens with zero attached hydrogens (tertiary/aromatic N) is 4. The molecule has 140 valence electrons. The van der Waals surface area contributed by atoms with Gasteiger partial charge in [0.05, 0.1) is 6.20 Å². The van der Waals surface area contributed by atoms with Crippen LogP contribution in [-0.2, 0) is 17.8 Å². The van der Waals surface area contributed by atoms with E-state index in [-0.39, 0.29) is 11.5 Å². The molecule has 26 heavy (non-hydrogen) atoms. The second-order valence-electron chi connectivity index (χ2n) is 7.00. The summed E-state index contributed by atoms with van der Waals surface area (Å²) in [7, 11) is 0. The van der Waals surface area contributed by atoms with Crippen LogP contribution in [0.2, 0.25) is 0 Å². The van der Waals surface area contributed by atoms with Crippen molar-refractivity contribution in [2.45, 2.75) is 58.9 Å². The normalized spacial score (nSPS) is 15.4. The van der Waals surface area contributed by atoms with Crippen molar-refractivity contribution in [2.24, 2.45) is 0 Å². The number of H-pyrrole nitrogens is 1. The Bertz CT molecular complexity index is 831. The standard InChI is InChI=1S/C19H27N5O2/c1-4-24-12-16(11-20-24)15-7-9-23(10-8-15)18(25)6-5-17-13(2)21-14(3)22-19(17)26/h11-12,15H,4-10H2,1-3H3,(H,21,22,26). The van der Waals surface area contributed by atoms with Crippen LogP contribution in [-0.4, -0.2) is 43.6 Å². The molecular formula is C19H27N5O2. The zero-order valence-electron chi connectivity index (χ0n) is 15.8. The maximum absolute atomic E-state index is 12.5. The SMILES string of the molecule is CCn1cc(C2CCN(C(=O)CCc3c(C)nc(C)[nH]c3=O)CC2)cn1. The highest BCUT2D eigenvalue weighted by Gasteiger charge is 2.24. The average Bonchev–Trinajstić information content (AvgIpc) is 3.10. The minimum Gasteiger partial charge on any atom is -0.343 e. The quantitative estimate of drug-likeness (QED) is 0.886. The Balaban J connectivity index is 1.53. The van der Waals surface area contributed by atoms with Crippen LogP contribution in [0.5, 0.6) is 0 Å². The molecule has 0 spiro atoms. The molecule has 0 aromatic carbocycles. The number of aromatic amines is 1. The third-order valence-corrected chi connectivity index (χ3v) is 5.23. The van der Waals surface area contributed by atoms with Crippen LogP contribution in [0.1, 0.15) is 54.7 Å². The summed E-state index contributed by atoms with van der Waals surface area (Å²) in [6, 6.07) is 0. The molecule has 0 atom stereocenters. The molecule has 2 aromatic rings. The zero-order chi connectivity index (χ0) is 18.7. The number of carbonyl (C=O) groups excluding carboxylic acids is 1. The number of hydrogen-bond acceptors (Lipinski definition) is 4. The van der Waals surface area contributed by atoms with Crippen LogP contribution in [0, 0.1) is 13.8 Å². The highest BCUT2D eigenvalue weighted by atomic mass is 16.2. The molecule has 1 aliphatic heterocycles. The van der Waals surface area contributed by atoms with Crippen LogP contribution in [0.15, 0.2) is 17.2 Å². The van der Waals surface area contributed by atoms with Gasteiger partial charge in [0.25, 0.3) is 5.56 Å². The van der Waals surface area contributed by atoms with Crippen LogP contribution >= 0.6 is 0 Å². The van der Waals surface area contributed by atoms with Gasteiger partial charge in [0.1, 0.15) is 5.82 Å². The van der Waals surface area contributed by atoms with Gasteiger partial charge in [-0.1, -0.05) is 0 Å². The number of rotatable bonds is 5. The maximum atomic E-state index is 12.5. The van der Waals surface area contributed by atoms with Gasteiger partial charge in [0.15, 0.2) is 0 Å². The Labute approximate surface area is 153 Å². The van der Waals surface area contributed by atoms with Gasteiger partial charge in [-0.25, -0.2) is 4.98 Å². The number of hydrogen-bond donors (Lipinski definition) is 1. The number of likely N-dealkylation sites (tertiary alicyclic amines) is 1. The van der Waals surface area contributed by atoms with E-state index in [2.05, 4.69) is 28.2 Å². The topological polar surface area (TPSA) is 83.9 Å². The Hall–Kier alpha value is -2.44. The lowest BCUT2D eigenvalue weighted by Gasteiger charge is -2.31. The molecule has 1 fully saturated rings. The van der Waals surface area contributed by atoms with Crippen molar-refractivity contribution in [3.63, 3.8) is 0 Å². The lowest BCUT2D eigenvalue weighted by atomic mass is 9.91.